The fourth-order valence-corrected chi connectivity index (χ4v) is 1.20. The van der Waals surface area contributed by atoms with E-state index in [1.807, 2.05) is 41.5 Å². The molecule has 2 unspecified atom stereocenters. The van der Waals surface area contributed by atoms with E-state index in [1.165, 1.54) is 0 Å². The molecule has 0 aromatic rings. The average Bonchev–Trinajstić information content (AvgIpc) is 1.97. The molecule has 0 aromatic carbocycles. The van der Waals surface area contributed by atoms with E-state index in [2.05, 4.69) is 0 Å². The van der Waals surface area contributed by atoms with Crippen molar-refractivity contribution in [3.05, 3.63) is 0 Å². The Morgan fingerprint density at radius 2 is 0.857 bits per heavy atom. The molecule has 2 atom stereocenters. The summed E-state index contributed by atoms with van der Waals surface area (Å²) < 4.78 is 0. The molecule has 0 rings (SSSR count). The minimum atomic E-state index is -1.10. The van der Waals surface area contributed by atoms with Crippen molar-refractivity contribution in [1.82, 2.24) is 0 Å². The van der Waals surface area contributed by atoms with E-state index in [4.69, 9.17) is 0 Å². The van der Waals surface area contributed by atoms with Gasteiger partial charge in [-0.3, -0.25) is 0 Å². The van der Waals surface area contributed by atoms with Gasteiger partial charge in [0, 0.05) is 0 Å². The van der Waals surface area contributed by atoms with Crippen LogP contribution in [0.15, 0.2) is 0 Å². The number of aliphatic hydroxyl groups is 3. The quantitative estimate of drug-likeness (QED) is 0.632. The Morgan fingerprint density at radius 3 is 1.00 bits per heavy atom. The van der Waals surface area contributed by atoms with Crippen molar-refractivity contribution >= 4 is 0 Å². The zero-order valence-corrected chi connectivity index (χ0v) is 10.1. The maximum Gasteiger partial charge on any atom is 0.107 e. The van der Waals surface area contributed by atoms with Crippen LogP contribution in [0.3, 0.4) is 0 Å². The fourth-order valence-electron chi connectivity index (χ4n) is 1.20. The summed E-state index contributed by atoms with van der Waals surface area (Å²) in [6.45, 7) is 11.0. The highest BCUT2D eigenvalue weighted by molar-refractivity contribution is 4.88. The van der Waals surface area contributed by atoms with E-state index < -0.39 is 29.1 Å². The third kappa shape index (κ3) is 3.56. The standard InChI is InChI=1S/C11H24O3/c1-10(2,3)8(13)7(12)9(14)11(4,5)6/h7-9,12-14H,1-6H3. The van der Waals surface area contributed by atoms with Crippen molar-refractivity contribution < 1.29 is 15.3 Å². The van der Waals surface area contributed by atoms with Gasteiger partial charge in [-0.15, -0.1) is 0 Å². The number of hydrogen-bond donors (Lipinski definition) is 3. The molecule has 0 aliphatic rings. The Bertz CT molecular complexity index is 156. The molecule has 3 nitrogen and oxygen atoms in total. The van der Waals surface area contributed by atoms with Crippen LogP contribution < -0.4 is 0 Å². The van der Waals surface area contributed by atoms with Crippen LogP contribution >= 0.6 is 0 Å². The third-order valence-corrected chi connectivity index (χ3v) is 2.42. The summed E-state index contributed by atoms with van der Waals surface area (Å²) in [5, 5.41) is 29.3. The molecule has 0 fully saturated rings. The van der Waals surface area contributed by atoms with Gasteiger partial charge in [-0.2, -0.15) is 0 Å². The summed E-state index contributed by atoms with van der Waals surface area (Å²) >= 11 is 0. The molecule has 0 saturated carbocycles. The van der Waals surface area contributed by atoms with Crippen LogP contribution in [-0.2, 0) is 0 Å². The molecule has 0 saturated heterocycles. The minimum absolute atomic E-state index is 0.425. The van der Waals surface area contributed by atoms with Gasteiger partial charge in [0.1, 0.15) is 6.10 Å². The van der Waals surface area contributed by atoms with Crippen LogP contribution in [0.1, 0.15) is 41.5 Å². The fraction of sp³-hybridized carbons (Fsp3) is 1.00. The van der Waals surface area contributed by atoms with Crippen molar-refractivity contribution in [1.29, 1.82) is 0 Å². The second kappa shape index (κ2) is 4.17. The van der Waals surface area contributed by atoms with E-state index in [0.29, 0.717) is 0 Å². The smallest absolute Gasteiger partial charge is 0.107 e. The van der Waals surface area contributed by atoms with Gasteiger partial charge in [0.2, 0.25) is 0 Å². The van der Waals surface area contributed by atoms with Crippen LogP contribution in [0.4, 0.5) is 0 Å². The van der Waals surface area contributed by atoms with Gasteiger partial charge in [-0.1, -0.05) is 41.5 Å². The highest BCUT2D eigenvalue weighted by Crippen LogP contribution is 2.29. The van der Waals surface area contributed by atoms with Crippen molar-refractivity contribution in [3.8, 4) is 0 Å². The molecule has 0 heterocycles. The lowest BCUT2D eigenvalue weighted by Crippen LogP contribution is -2.49. The predicted molar refractivity (Wildman–Crippen MR) is 56.9 cm³/mol. The van der Waals surface area contributed by atoms with Gasteiger partial charge in [0.15, 0.2) is 0 Å². The summed E-state index contributed by atoms with van der Waals surface area (Å²) in [7, 11) is 0. The lowest BCUT2D eigenvalue weighted by molar-refractivity contribution is -0.127. The van der Waals surface area contributed by atoms with Gasteiger partial charge < -0.3 is 15.3 Å². The summed E-state index contributed by atoms with van der Waals surface area (Å²) in [6.07, 6.45) is -2.94. The highest BCUT2D eigenvalue weighted by atomic mass is 16.4. The topological polar surface area (TPSA) is 60.7 Å². The van der Waals surface area contributed by atoms with E-state index >= 15 is 0 Å². The molecule has 3 N–H and O–H groups in total. The first-order chi connectivity index (χ1) is 5.98. The normalized spacial score (nSPS) is 20.4. The third-order valence-electron chi connectivity index (χ3n) is 2.42. The maximum absolute atomic E-state index is 9.78. The molecule has 0 bridgehead atoms. The lowest BCUT2D eigenvalue weighted by atomic mass is 9.77. The highest BCUT2D eigenvalue weighted by Gasteiger charge is 2.38. The van der Waals surface area contributed by atoms with E-state index in [1.54, 1.807) is 0 Å². The Balaban J connectivity index is 4.56. The minimum Gasteiger partial charge on any atom is -0.390 e. The first-order valence-electron chi connectivity index (χ1n) is 5.02. The van der Waals surface area contributed by atoms with Crippen molar-refractivity contribution in [2.45, 2.75) is 59.9 Å². The summed E-state index contributed by atoms with van der Waals surface area (Å²) in [6, 6.07) is 0. The summed E-state index contributed by atoms with van der Waals surface area (Å²) in [5.74, 6) is 0. The predicted octanol–water partition coefficient (Wildman–Crippen LogP) is 1.16. The average molecular weight is 204 g/mol. The number of rotatable bonds is 2. The van der Waals surface area contributed by atoms with Crippen molar-refractivity contribution in [2.75, 3.05) is 0 Å². The summed E-state index contributed by atoms with van der Waals surface area (Å²) in [4.78, 5) is 0. The second-order valence-electron chi connectivity index (χ2n) is 6.11. The summed E-state index contributed by atoms with van der Waals surface area (Å²) in [5.41, 5.74) is -0.850. The largest absolute Gasteiger partial charge is 0.390 e. The Kier molecular flexibility index (Phi) is 4.13. The molecule has 0 amide bonds. The zero-order chi connectivity index (χ0) is 11.7. The van der Waals surface area contributed by atoms with Crippen molar-refractivity contribution in [3.63, 3.8) is 0 Å². The van der Waals surface area contributed by atoms with E-state index in [0.717, 1.165) is 0 Å². The van der Waals surface area contributed by atoms with Gasteiger partial charge in [-0.05, 0) is 10.8 Å². The van der Waals surface area contributed by atoms with Crippen molar-refractivity contribution in [2.24, 2.45) is 10.8 Å². The van der Waals surface area contributed by atoms with Crippen LogP contribution in [0.5, 0.6) is 0 Å². The maximum atomic E-state index is 9.78. The molecule has 0 spiro atoms. The van der Waals surface area contributed by atoms with E-state index in [9.17, 15) is 15.3 Å². The second-order valence-corrected chi connectivity index (χ2v) is 6.11. The first-order valence-corrected chi connectivity index (χ1v) is 5.02. The molecule has 3 heteroatoms. The number of hydrogen-bond acceptors (Lipinski definition) is 3. The lowest BCUT2D eigenvalue weighted by Gasteiger charge is -2.37. The number of aliphatic hydroxyl groups excluding tert-OH is 3. The Morgan fingerprint density at radius 1 is 0.643 bits per heavy atom. The molecular formula is C11H24O3. The molecule has 0 aliphatic carbocycles. The molecule has 86 valence electrons. The van der Waals surface area contributed by atoms with Crippen LogP contribution in [0.25, 0.3) is 0 Å². The molecular weight excluding hydrogens is 180 g/mol. The zero-order valence-electron chi connectivity index (χ0n) is 10.1. The Labute approximate surface area is 86.8 Å². The molecule has 0 aliphatic heterocycles. The van der Waals surface area contributed by atoms with Gasteiger partial charge in [0.25, 0.3) is 0 Å². The SMILES string of the molecule is CC(C)(C)C(O)C(O)C(O)C(C)(C)C. The van der Waals surface area contributed by atoms with Gasteiger partial charge in [-0.25, -0.2) is 0 Å². The van der Waals surface area contributed by atoms with Gasteiger partial charge >= 0.3 is 0 Å². The van der Waals surface area contributed by atoms with Crippen LogP contribution in [-0.4, -0.2) is 33.6 Å². The Hall–Kier alpha value is -0.120. The molecule has 14 heavy (non-hydrogen) atoms. The molecule has 0 aromatic heterocycles. The monoisotopic (exact) mass is 204 g/mol. The van der Waals surface area contributed by atoms with E-state index in [-0.39, 0.29) is 0 Å². The van der Waals surface area contributed by atoms with Crippen LogP contribution in [0, 0.1) is 10.8 Å². The molecule has 0 radical (unpaired) electrons. The van der Waals surface area contributed by atoms with Gasteiger partial charge in [0.05, 0.1) is 12.2 Å². The first kappa shape index (κ1) is 13.9. The van der Waals surface area contributed by atoms with Crippen LogP contribution in [0.2, 0.25) is 0 Å².